The maximum Gasteiger partial charge on any atom is 0.227 e. The van der Waals surface area contributed by atoms with Crippen molar-refractivity contribution in [2.24, 2.45) is 5.92 Å². The molecule has 4 nitrogen and oxygen atoms in total. The molecule has 0 aromatic heterocycles. The molecule has 1 aliphatic carbocycles. The molecule has 0 bridgehead atoms. The third kappa shape index (κ3) is 2.52. The fourth-order valence-corrected chi connectivity index (χ4v) is 3.01. The van der Waals surface area contributed by atoms with E-state index in [2.05, 4.69) is 0 Å². The van der Waals surface area contributed by atoms with E-state index in [-0.39, 0.29) is 23.8 Å². The Bertz CT molecular complexity index is 335. The predicted molar refractivity (Wildman–Crippen MR) is 70.0 cm³/mol. The number of amides is 2. The molecule has 18 heavy (non-hydrogen) atoms. The third-order valence-corrected chi connectivity index (χ3v) is 4.40. The fraction of sp³-hybridized carbons (Fsp3) is 0.857. The molecule has 0 unspecified atom stereocenters. The molecule has 2 fully saturated rings. The summed E-state index contributed by atoms with van der Waals surface area (Å²) in [7, 11) is 1.83. The van der Waals surface area contributed by atoms with Gasteiger partial charge < -0.3 is 9.80 Å². The molecule has 0 spiro atoms. The van der Waals surface area contributed by atoms with Gasteiger partial charge in [0, 0.05) is 32.1 Å². The zero-order valence-electron chi connectivity index (χ0n) is 11.7. The van der Waals surface area contributed by atoms with E-state index in [1.54, 1.807) is 4.90 Å². The Morgan fingerprint density at radius 2 is 1.94 bits per heavy atom. The van der Waals surface area contributed by atoms with Crippen molar-refractivity contribution in [2.45, 2.75) is 58.0 Å². The van der Waals surface area contributed by atoms with Crippen LogP contribution in [0.5, 0.6) is 0 Å². The van der Waals surface area contributed by atoms with E-state index in [0.717, 1.165) is 12.8 Å². The van der Waals surface area contributed by atoms with E-state index in [9.17, 15) is 9.59 Å². The average Bonchev–Trinajstić information content (AvgIpc) is 2.95. The minimum Gasteiger partial charge on any atom is -0.343 e. The highest BCUT2D eigenvalue weighted by Gasteiger charge is 2.39. The summed E-state index contributed by atoms with van der Waals surface area (Å²) in [6.45, 7) is 4.65. The molecular weight excluding hydrogens is 228 g/mol. The highest BCUT2D eigenvalue weighted by molar-refractivity contribution is 5.89. The van der Waals surface area contributed by atoms with Gasteiger partial charge in [-0.2, -0.15) is 0 Å². The number of hydrogen-bond acceptors (Lipinski definition) is 2. The van der Waals surface area contributed by atoms with Crippen LogP contribution in [0.4, 0.5) is 0 Å². The molecule has 1 heterocycles. The van der Waals surface area contributed by atoms with Crippen molar-refractivity contribution >= 4 is 11.8 Å². The molecule has 1 saturated carbocycles. The van der Waals surface area contributed by atoms with Crippen LogP contribution in [-0.2, 0) is 9.59 Å². The summed E-state index contributed by atoms with van der Waals surface area (Å²) in [6, 6.07) is 0.604. The molecule has 0 radical (unpaired) electrons. The summed E-state index contributed by atoms with van der Waals surface area (Å²) in [5.41, 5.74) is 0. The lowest BCUT2D eigenvalue weighted by Gasteiger charge is -2.26. The van der Waals surface area contributed by atoms with Crippen LogP contribution in [0, 0.1) is 5.92 Å². The van der Waals surface area contributed by atoms with E-state index in [1.807, 2.05) is 25.8 Å². The van der Waals surface area contributed by atoms with Crippen LogP contribution in [0.15, 0.2) is 0 Å². The predicted octanol–water partition coefficient (Wildman–Crippen LogP) is 1.64. The first kappa shape index (κ1) is 13.4. The van der Waals surface area contributed by atoms with Crippen molar-refractivity contribution in [3.8, 4) is 0 Å². The average molecular weight is 252 g/mol. The molecule has 2 amide bonds. The van der Waals surface area contributed by atoms with Gasteiger partial charge in [0.25, 0.3) is 0 Å². The van der Waals surface area contributed by atoms with Crippen molar-refractivity contribution in [1.29, 1.82) is 0 Å². The van der Waals surface area contributed by atoms with Crippen LogP contribution in [0.3, 0.4) is 0 Å². The molecule has 1 saturated heterocycles. The summed E-state index contributed by atoms with van der Waals surface area (Å²) in [5.74, 6) is 0.182. The van der Waals surface area contributed by atoms with Crippen molar-refractivity contribution in [3.63, 3.8) is 0 Å². The second-order valence-corrected chi connectivity index (χ2v) is 5.93. The first-order valence-electron chi connectivity index (χ1n) is 7.07. The van der Waals surface area contributed by atoms with Gasteiger partial charge >= 0.3 is 0 Å². The van der Waals surface area contributed by atoms with Gasteiger partial charge in [0.2, 0.25) is 11.8 Å². The number of carbonyl (C=O) groups excluding carboxylic acids is 2. The van der Waals surface area contributed by atoms with E-state index < -0.39 is 0 Å². The second-order valence-electron chi connectivity index (χ2n) is 5.93. The van der Waals surface area contributed by atoms with Crippen LogP contribution < -0.4 is 0 Å². The highest BCUT2D eigenvalue weighted by Crippen LogP contribution is 2.30. The third-order valence-electron chi connectivity index (χ3n) is 4.40. The highest BCUT2D eigenvalue weighted by atomic mass is 16.2. The topological polar surface area (TPSA) is 40.6 Å². The molecule has 0 aromatic carbocycles. The van der Waals surface area contributed by atoms with Crippen LogP contribution in [0.25, 0.3) is 0 Å². The lowest BCUT2D eigenvalue weighted by molar-refractivity contribution is -0.136. The monoisotopic (exact) mass is 252 g/mol. The summed E-state index contributed by atoms with van der Waals surface area (Å²) in [5, 5.41) is 0. The van der Waals surface area contributed by atoms with E-state index in [0.29, 0.717) is 19.0 Å². The van der Waals surface area contributed by atoms with Crippen molar-refractivity contribution in [1.82, 2.24) is 9.80 Å². The summed E-state index contributed by atoms with van der Waals surface area (Å²) in [4.78, 5) is 28.0. The Morgan fingerprint density at radius 3 is 2.50 bits per heavy atom. The van der Waals surface area contributed by atoms with E-state index >= 15 is 0 Å². The fourth-order valence-electron chi connectivity index (χ4n) is 3.01. The minimum absolute atomic E-state index is 0.120. The quantitative estimate of drug-likeness (QED) is 0.766. The van der Waals surface area contributed by atoms with Crippen molar-refractivity contribution in [2.75, 3.05) is 13.6 Å². The smallest absolute Gasteiger partial charge is 0.227 e. The standard InChI is InChI=1S/C14H24N2O2/c1-10(2)15(3)14(18)11-8-13(17)16(9-11)12-6-4-5-7-12/h10-12H,4-9H2,1-3H3/t11-/m0/s1. The van der Waals surface area contributed by atoms with Gasteiger partial charge in [-0.05, 0) is 26.7 Å². The summed E-state index contributed by atoms with van der Waals surface area (Å²) >= 11 is 0. The van der Waals surface area contributed by atoms with Crippen LogP contribution in [0.2, 0.25) is 0 Å². The molecule has 102 valence electrons. The number of nitrogens with zero attached hydrogens (tertiary/aromatic N) is 2. The van der Waals surface area contributed by atoms with Crippen LogP contribution >= 0.6 is 0 Å². The molecule has 4 heteroatoms. The molecule has 2 aliphatic rings. The lowest BCUT2D eigenvalue weighted by atomic mass is 10.1. The normalized spacial score (nSPS) is 25.2. The van der Waals surface area contributed by atoms with Gasteiger partial charge in [-0.25, -0.2) is 0 Å². The minimum atomic E-state index is -0.120. The summed E-state index contributed by atoms with van der Waals surface area (Å²) in [6.07, 6.45) is 5.09. The first-order chi connectivity index (χ1) is 8.50. The Morgan fingerprint density at radius 1 is 1.33 bits per heavy atom. The molecule has 1 aliphatic heterocycles. The maximum atomic E-state index is 12.2. The molecule has 0 N–H and O–H groups in total. The van der Waals surface area contributed by atoms with Gasteiger partial charge in [-0.3, -0.25) is 9.59 Å². The van der Waals surface area contributed by atoms with E-state index in [4.69, 9.17) is 0 Å². The van der Waals surface area contributed by atoms with Gasteiger partial charge in [-0.15, -0.1) is 0 Å². The van der Waals surface area contributed by atoms with Gasteiger partial charge in [0.05, 0.1) is 5.92 Å². The summed E-state index contributed by atoms with van der Waals surface area (Å²) < 4.78 is 0. The molecule has 1 atom stereocenters. The zero-order chi connectivity index (χ0) is 13.3. The number of hydrogen-bond donors (Lipinski definition) is 0. The van der Waals surface area contributed by atoms with E-state index in [1.165, 1.54) is 12.8 Å². The molecular formula is C14H24N2O2. The Hall–Kier alpha value is -1.06. The maximum absolute atomic E-state index is 12.2. The number of carbonyl (C=O) groups is 2. The Kier molecular flexibility index (Phi) is 3.93. The number of rotatable bonds is 3. The van der Waals surface area contributed by atoms with Crippen molar-refractivity contribution < 1.29 is 9.59 Å². The Balaban J connectivity index is 1.97. The number of likely N-dealkylation sites (tertiary alicyclic amines) is 1. The zero-order valence-corrected chi connectivity index (χ0v) is 11.7. The van der Waals surface area contributed by atoms with Crippen LogP contribution in [0.1, 0.15) is 46.0 Å². The molecule has 2 rings (SSSR count). The molecule has 0 aromatic rings. The Labute approximate surface area is 109 Å². The van der Waals surface area contributed by atoms with Crippen molar-refractivity contribution in [3.05, 3.63) is 0 Å². The van der Waals surface area contributed by atoms with Gasteiger partial charge in [0.1, 0.15) is 0 Å². The van der Waals surface area contributed by atoms with Gasteiger partial charge in [0.15, 0.2) is 0 Å². The second kappa shape index (κ2) is 5.29. The van der Waals surface area contributed by atoms with Gasteiger partial charge in [-0.1, -0.05) is 12.8 Å². The van der Waals surface area contributed by atoms with Crippen LogP contribution in [-0.4, -0.2) is 47.3 Å². The lowest BCUT2D eigenvalue weighted by Crippen LogP contribution is -2.40. The SMILES string of the molecule is CC(C)N(C)C(=O)[C@H]1CC(=O)N(C2CCCC2)C1. The largest absolute Gasteiger partial charge is 0.343 e. The first-order valence-corrected chi connectivity index (χ1v) is 7.07.